The summed E-state index contributed by atoms with van der Waals surface area (Å²) in [7, 11) is 0. The highest BCUT2D eigenvalue weighted by molar-refractivity contribution is 5.13. The molecule has 0 bridgehead atoms. The zero-order valence-electron chi connectivity index (χ0n) is 8.56. The summed E-state index contributed by atoms with van der Waals surface area (Å²) in [6.07, 6.45) is 10.1. The van der Waals surface area contributed by atoms with Gasteiger partial charge in [0, 0.05) is 0 Å². The number of rotatable bonds is 2. The van der Waals surface area contributed by atoms with Crippen LogP contribution in [0.25, 0.3) is 0 Å². The SMILES string of the molecule is CC(C)=CCC1=CC(C)CCC1. The van der Waals surface area contributed by atoms with Crippen molar-refractivity contribution >= 4 is 0 Å². The summed E-state index contributed by atoms with van der Waals surface area (Å²) in [6.45, 7) is 6.67. The lowest BCUT2D eigenvalue weighted by atomic mass is 9.90. The van der Waals surface area contributed by atoms with Gasteiger partial charge < -0.3 is 0 Å². The molecule has 0 nitrogen and oxygen atoms in total. The van der Waals surface area contributed by atoms with Crippen molar-refractivity contribution in [1.82, 2.24) is 0 Å². The molecule has 0 aromatic heterocycles. The fourth-order valence-electron chi connectivity index (χ4n) is 1.73. The molecule has 1 rings (SSSR count). The first-order chi connectivity index (χ1) is 5.68. The first-order valence-corrected chi connectivity index (χ1v) is 5.01. The number of allylic oxidation sites excluding steroid dienone is 4. The lowest BCUT2D eigenvalue weighted by Gasteiger charge is -2.16. The van der Waals surface area contributed by atoms with Gasteiger partial charge in [-0.1, -0.05) is 30.2 Å². The lowest BCUT2D eigenvalue weighted by Crippen LogP contribution is -1.99. The number of hydrogen-bond acceptors (Lipinski definition) is 0. The Balaban J connectivity index is 2.46. The average Bonchev–Trinajstić information content (AvgIpc) is 2.01. The standard InChI is InChI=1S/C12H20/c1-10(2)7-8-12-6-4-5-11(3)9-12/h7,9,11H,4-6,8H2,1-3H3. The van der Waals surface area contributed by atoms with Crippen LogP contribution >= 0.6 is 0 Å². The molecule has 0 N–H and O–H groups in total. The topological polar surface area (TPSA) is 0 Å². The summed E-state index contributed by atoms with van der Waals surface area (Å²) in [6, 6.07) is 0. The minimum Gasteiger partial charge on any atom is -0.0822 e. The predicted molar refractivity (Wildman–Crippen MR) is 55.1 cm³/mol. The molecule has 0 aromatic rings. The molecule has 1 atom stereocenters. The van der Waals surface area contributed by atoms with Crippen molar-refractivity contribution in [2.24, 2.45) is 5.92 Å². The molecule has 1 aliphatic rings. The monoisotopic (exact) mass is 164 g/mol. The average molecular weight is 164 g/mol. The predicted octanol–water partition coefficient (Wildman–Crippen LogP) is 4.09. The van der Waals surface area contributed by atoms with Crippen LogP contribution in [0.4, 0.5) is 0 Å². The Bertz CT molecular complexity index is 192. The maximum absolute atomic E-state index is 2.46. The maximum Gasteiger partial charge on any atom is -0.0136 e. The molecule has 0 heteroatoms. The Morgan fingerprint density at radius 1 is 1.58 bits per heavy atom. The smallest absolute Gasteiger partial charge is 0.0136 e. The molecule has 0 radical (unpaired) electrons. The van der Waals surface area contributed by atoms with Crippen molar-refractivity contribution in [2.75, 3.05) is 0 Å². The first kappa shape index (κ1) is 9.57. The van der Waals surface area contributed by atoms with E-state index >= 15 is 0 Å². The summed E-state index contributed by atoms with van der Waals surface area (Å²) in [4.78, 5) is 0. The largest absolute Gasteiger partial charge is 0.0822 e. The van der Waals surface area contributed by atoms with E-state index in [2.05, 4.69) is 32.9 Å². The van der Waals surface area contributed by atoms with Gasteiger partial charge in [0.2, 0.25) is 0 Å². The second kappa shape index (κ2) is 4.49. The number of hydrogen-bond donors (Lipinski definition) is 0. The third kappa shape index (κ3) is 3.25. The van der Waals surface area contributed by atoms with Crippen molar-refractivity contribution in [1.29, 1.82) is 0 Å². The summed E-state index contributed by atoms with van der Waals surface area (Å²) < 4.78 is 0. The molecule has 0 amide bonds. The third-order valence-electron chi connectivity index (χ3n) is 2.45. The molecule has 12 heavy (non-hydrogen) atoms. The van der Waals surface area contributed by atoms with E-state index < -0.39 is 0 Å². The van der Waals surface area contributed by atoms with E-state index in [1.54, 1.807) is 5.57 Å². The summed E-state index contributed by atoms with van der Waals surface area (Å²) in [5, 5.41) is 0. The van der Waals surface area contributed by atoms with E-state index in [1.807, 2.05) is 0 Å². The fraction of sp³-hybridized carbons (Fsp3) is 0.667. The molecular formula is C12H20. The highest BCUT2D eigenvalue weighted by atomic mass is 14.1. The van der Waals surface area contributed by atoms with Crippen molar-refractivity contribution in [3.8, 4) is 0 Å². The molecular weight excluding hydrogens is 144 g/mol. The summed E-state index contributed by atoms with van der Waals surface area (Å²) >= 11 is 0. The minimum atomic E-state index is 0.819. The van der Waals surface area contributed by atoms with Gasteiger partial charge in [-0.25, -0.2) is 0 Å². The summed E-state index contributed by atoms with van der Waals surface area (Å²) in [5.74, 6) is 0.819. The second-order valence-corrected chi connectivity index (χ2v) is 4.18. The van der Waals surface area contributed by atoms with Gasteiger partial charge in [0.05, 0.1) is 0 Å². The molecule has 0 aromatic carbocycles. The van der Waals surface area contributed by atoms with Crippen LogP contribution in [0.15, 0.2) is 23.3 Å². The van der Waals surface area contributed by atoms with Crippen LogP contribution in [0, 0.1) is 5.92 Å². The van der Waals surface area contributed by atoms with Crippen LogP contribution in [0.5, 0.6) is 0 Å². The van der Waals surface area contributed by atoms with Gasteiger partial charge in [0.15, 0.2) is 0 Å². The molecule has 68 valence electrons. The molecule has 1 unspecified atom stereocenters. The molecule has 0 aliphatic heterocycles. The Labute approximate surface area is 76.4 Å². The van der Waals surface area contributed by atoms with Crippen LogP contribution in [-0.2, 0) is 0 Å². The van der Waals surface area contributed by atoms with Crippen LogP contribution in [-0.4, -0.2) is 0 Å². The van der Waals surface area contributed by atoms with Gasteiger partial charge in [-0.2, -0.15) is 0 Å². The Morgan fingerprint density at radius 3 is 2.92 bits per heavy atom. The first-order valence-electron chi connectivity index (χ1n) is 5.01. The third-order valence-corrected chi connectivity index (χ3v) is 2.45. The molecule has 0 heterocycles. The second-order valence-electron chi connectivity index (χ2n) is 4.18. The Hall–Kier alpha value is -0.520. The van der Waals surface area contributed by atoms with E-state index in [0.717, 1.165) is 5.92 Å². The van der Waals surface area contributed by atoms with Gasteiger partial charge in [0.1, 0.15) is 0 Å². The van der Waals surface area contributed by atoms with E-state index in [9.17, 15) is 0 Å². The van der Waals surface area contributed by atoms with Crippen LogP contribution in [0.1, 0.15) is 46.5 Å². The zero-order chi connectivity index (χ0) is 8.97. The Kier molecular flexibility index (Phi) is 3.58. The minimum absolute atomic E-state index is 0.819. The normalized spacial score (nSPS) is 23.2. The van der Waals surface area contributed by atoms with E-state index in [-0.39, 0.29) is 0 Å². The summed E-state index contributed by atoms with van der Waals surface area (Å²) in [5.41, 5.74) is 3.09. The zero-order valence-corrected chi connectivity index (χ0v) is 8.56. The Morgan fingerprint density at radius 2 is 2.33 bits per heavy atom. The van der Waals surface area contributed by atoms with Crippen molar-refractivity contribution in [3.63, 3.8) is 0 Å². The van der Waals surface area contributed by atoms with Gasteiger partial charge in [-0.05, 0) is 45.4 Å². The van der Waals surface area contributed by atoms with Gasteiger partial charge in [-0.3, -0.25) is 0 Å². The van der Waals surface area contributed by atoms with E-state index in [4.69, 9.17) is 0 Å². The van der Waals surface area contributed by atoms with Crippen LogP contribution < -0.4 is 0 Å². The quantitative estimate of drug-likeness (QED) is 0.539. The van der Waals surface area contributed by atoms with Crippen molar-refractivity contribution in [2.45, 2.75) is 46.5 Å². The molecule has 0 spiro atoms. The van der Waals surface area contributed by atoms with Crippen molar-refractivity contribution < 1.29 is 0 Å². The van der Waals surface area contributed by atoms with Gasteiger partial charge >= 0.3 is 0 Å². The maximum atomic E-state index is 2.46. The van der Waals surface area contributed by atoms with Gasteiger partial charge in [-0.15, -0.1) is 0 Å². The molecule has 1 aliphatic carbocycles. The molecule has 0 fully saturated rings. The fourth-order valence-corrected chi connectivity index (χ4v) is 1.73. The lowest BCUT2D eigenvalue weighted by molar-refractivity contribution is 0.563. The van der Waals surface area contributed by atoms with E-state index in [0.29, 0.717) is 0 Å². The van der Waals surface area contributed by atoms with Crippen molar-refractivity contribution in [3.05, 3.63) is 23.3 Å². The highest BCUT2D eigenvalue weighted by Gasteiger charge is 2.07. The molecule has 0 saturated heterocycles. The van der Waals surface area contributed by atoms with Gasteiger partial charge in [0.25, 0.3) is 0 Å². The highest BCUT2D eigenvalue weighted by Crippen LogP contribution is 2.24. The van der Waals surface area contributed by atoms with Crippen LogP contribution in [0.2, 0.25) is 0 Å². The van der Waals surface area contributed by atoms with Crippen LogP contribution in [0.3, 0.4) is 0 Å². The van der Waals surface area contributed by atoms with E-state index in [1.165, 1.54) is 31.3 Å². The molecule has 0 saturated carbocycles.